The van der Waals surface area contributed by atoms with Crippen LogP contribution in [0.1, 0.15) is 16.1 Å². The molecule has 0 unspecified atom stereocenters. The Morgan fingerprint density at radius 3 is 2.48 bits per heavy atom. The third-order valence-corrected chi connectivity index (χ3v) is 3.26. The number of nitrogens with zero attached hydrogens (tertiary/aromatic N) is 5. The summed E-state index contributed by atoms with van der Waals surface area (Å²) in [5.74, 6) is -0.415. The molecule has 0 aliphatic carbocycles. The zero-order valence-corrected chi connectivity index (χ0v) is 12.2. The van der Waals surface area contributed by atoms with Crippen molar-refractivity contribution >= 4 is 5.97 Å². The van der Waals surface area contributed by atoms with E-state index < -0.39 is 5.97 Å². The first-order valence-electron chi connectivity index (χ1n) is 6.69. The van der Waals surface area contributed by atoms with Gasteiger partial charge in [-0.3, -0.25) is 4.98 Å². The molecule has 112 valence electrons. The Morgan fingerprint density at radius 1 is 1.17 bits per heavy atom. The van der Waals surface area contributed by atoms with Crippen LogP contribution >= 0.6 is 0 Å². The van der Waals surface area contributed by atoms with Gasteiger partial charge in [-0.2, -0.15) is 5.26 Å². The van der Waals surface area contributed by atoms with Crippen LogP contribution in [0, 0.1) is 11.3 Å². The molecule has 2 heterocycles. The minimum absolute atomic E-state index is 0.216. The highest BCUT2D eigenvalue weighted by atomic mass is 16.5. The first-order chi connectivity index (χ1) is 11.2. The molecule has 0 spiro atoms. The molecule has 0 aliphatic rings. The highest BCUT2D eigenvalue weighted by Gasteiger charge is 2.16. The predicted octanol–water partition coefficient (Wildman–Crippen LogP) is 1.99. The molecule has 7 nitrogen and oxygen atoms in total. The van der Waals surface area contributed by atoms with E-state index in [1.165, 1.54) is 7.11 Å². The summed E-state index contributed by atoms with van der Waals surface area (Å²) < 4.78 is 6.22. The lowest BCUT2D eigenvalue weighted by molar-refractivity contribution is 0.0601. The van der Waals surface area contributed by atoms with Gasteiger partial charge in [0.05, 0.1) is 18.4 Å². The molecule has 0 bridgehead atoms. The fraction of sp³-hybridized carbons (Fsp3) is 0.0625. The molecule has 7 heteroatoms. The van der Waals surface area contributed by atoms with Gasteiger partial charge in [-0.25, -0.2) is 9.48 Å². The zero-order valence-electron chi connectivity index (χ0n) is 12.2. The fourth-order valence-electron chi connectivity index (χ4n) is 2.16. The van der Waals surface area contributed by atoms with E-state index >= 15 is 0 Å². The topological polar surface area (TPSA) is 93.7 Å². The van der Waals surface area contributed by atoms with Crippen LogP contribution in [0.5, 0.6) is 0 Å². The van der Waals surface area contributed by atoms with Crippen LogP contribution in [0.15, 0.2) is 48.8 Å². The van der Waals surface area contributed by atoms with E-state index in [9.17, 15) is 10.1 Å². The lowest BCUT2D eigenvalue weighted by atomic mass is 10.1. The van der Waals surface area contributed by atoms with Crippen LogP contribution < -0.4 is 0 Å². The summed E-state index contributed by atoms with van der Waals surface area (Å²) >= 11 is 0. The van der Waals surface area contributed by atoms with Gasteiger partial charge in [0.25, 0.3) is 0 Å². The molecule has 3 rings (SSSR count). The average Bonchev–Trinajstić information content (AvgIpc) is 3.06. The smallest absolute Gasteiger partial charge is 0.337 e. The molecule has 0 radical (unpaired) electrons. The second-order valence-corrected chi connectivity index (χ2v) is 4.58. The largest absolute Gasteiger partial charge is 0.465 e. The molecule has 3 aromatic rings. The number of carbonyl (C=O) groups excluding carboxylic acids is 1. The summed E-state index contributed by atoms with van der Waals surface area (Å²) in [6.45, 7) is 0. The third-order valence-electron chi connectivity index (χ3n) is 3.26. The number of rotatable bonds is 3. The van der Waals surface area contributed by atoms with Gasteiger partial charge in [0.1, 0.15) is 11.8 Å². The molecule has 0 fully saturated rings. The Labute approximate surface area is 131 Å². The maximum atomic E-state index is 11.5. The van der Waals surface area contributed by atoms with Crippen LogP contribution in [0.4, 0.5) is 0 Å². The highest BCUT2D eigenvalue weighted by molar-refractivity contribution is 5.89. The lowest BCUT2D eigenvalue weighted by Crippen LogP contribution is -2.03. The van der Waals surface area contributed by atoms with E-state index in [1.54, 1.807) is 53.5 Å². The Hall–Kier alpha value is -3.53. The third kappa shape index (κ3) is 2.65. The number of benzene rings is 1. The van der Waals surface area contributed by atoms with Crippen molar-refractivity contribution in [3.8, 4) is 23.0 Å². The van der Waals surface area contributed by atoms with Crippen molar-refractivity contribution in [2.24, 2.45) is 0 Å². The SMILES string of the molecule is COC(=O)c1ccc(-n2nnc(C#N)c2-c2ccncc2)cc1. The van der Waals surface area contributed by atoms with E-state index in [0.29, 0.717) is 16.9 Å². The van der Waals surface area contributed by atoms with Gasteiger partial charge in [-0.05, 0) is 36.4 Å². The number of carbonyl (C=O) groups is 1. The van der Waals surface area contributed by atoms with Crippen molar-refractivity contribution in [1.82, 2.24) is 20.0 Å². The maximum Gasteiger partial charge on any atom is 0.337 e. The maximum absolute atomic E-state index is 11.5. The van der Waals surface area contributed by atoms with Crippen LogP contribution in [0.3, 0.4) is 0 Å². The molecule has 0 aliphatic heterocycles. The van der Waals surface area contributed by atoms with Crippen LogP contribution in [0.25, 0.3) is 16.9 Å². The molecule has 0 N–H and O–H groups in total. The van der Waals surface area contributed by atoms with Crippen molar-refractivity contribution in [3.63, 3.8) is 0 Å². The van der Waals surface area contributed by atoms with Crippen molar-refractivity contribution in [2.45, 2.75) is 0 Å². The molecule has 23 heavy (non-hydrogen) atoms. The number of hydrogen-bond donors (Lipinski definition) is 0. The number of hydrogen-bond acceptors (Lipinski definition) is 6. The highest BCUT2D eigenvalue weighted by Crippen LogP contribution is 2.24. The Bertz CT molecular complexity index is 879. The Balaban J connectivity index is 2.09. The van der Waals surface area contributed by atoms with E-state index in [0.717, 1.165) is 5.56 Å². The lowest BCUT2D eigenvalue weighted by Gasteiger charge is -2.07. The first-order valence-corrected chi connectivity index (χ1v) is 6.69. The number of nitriles is 1. The number of aromatic nitrogens is 4. The molecule has 2 aromatic heterocycles. The standard InChI is InChI=1S/C16H11N5O2/c1-23-16(22)12-2-4-13(5-3-12)21-15(14(10-17)19-20-21)11-6-8-18-9-7-11/h2-9H,1H3. The Kier molecular flexibility index (Phi) is 3.80. The summed E-state index contributed by atoms with van der Waals surface area (Å²) in [5.41, 5.74) is 2.67. The van der Waals surface area contributed by atoms with Gasteiger partial charge in [0.15, 0.2) is 5.69 Å². The zero-order chi connectivity index (χ0) is 16.2. The number of pyridine rings is 1. The van der Waals surface area contributed by atoms with Crippen molar-refractivity contribution in [2.75, 3.05) is 7.11 Å². The predicted molar refractivity (Wildman–Crippen MR) is 80.6 cm³/mol. The quantitative estimate of drug-likeness (QED) is 0.687. The van der Waals surface area contributed by atoms with Crippen LogP contribution in [0.2, 0.25) is 0 Å². The first kappa shape index (κ1) is 14.4. The van der Waals surface area contributed by atoms with Crippen LogP contribution in [-0.4, -0.2) is 33.1 Å². The molecule has 1 aromatic carbocycles. The molecule has 0 saturated carbocycles. The van der Waals surface area contributed by atoms with Gasteiger partial charge < -0.3 is 4.74 Å². The molecule has 0 atom stereocenters. The van der Waals surface area contributed by atoms with Crippen molar-refractivity contribution in [3.05, 3.63) is 60.0 Å². The monoisotopic (exact) mass is 305 g/mol. The molecule has 0 amide bonds. The average molecular weight is 305 g/mol. The van der Waals surface area contributed by atoms with Gasteiger partial charge in [0.2, 0.25) is 0 Å². The van der Waals surface area contributed by atoms with Gasteiger partial charge in [0, 0.05) is 18.0 Å². The van der Waals surface area contributed by atoms with Gasteiger partial charge >= 0.3 is 5.97 Å². The van der Waals surface area contributed by atoms with Crippen LogP contribution in [-0.2, 0) is 4.74 Å². The van der Waals surface area contributed by atoms with Gasteiger partial charge in [-0.15, -0.1) is 5.10 Å². The summed E-state index contributed by atoms with van der Waals surface area (Å²) in [6.07, 6.45) is 3.27. The van der Waals surface area contributed by atoms with E-state index in [2.05, 4.69) is 20.0 Å². The Morgan fingerprint density at radius 2 is 1.87 bits per heavy atom. The minimum atomic E-state index is -0.415. The number of esters is 1. The summed E-state index contributed by atoms with van der Waals surface area (Å²) in [5, 5.41) is 17.2. The van der Waals surface area contributed by atoms with Crippen molar-refractivity contribution in [1.29, 1.82) is 5.26 Å². The van der Waals surface area contributed by atoms with Crippen molar-refractivity contribution < 1.29 is 9.53 Å². The summed E-state index contributed by atoms with van der Waals surface area (Å²) in [4.78, 5) is 15.5. The number of ether oxygens (including phenoxy) is 1. The minimum Gasteiger partial charge on any atom is -0.465 e. The normalized spacial score (nSPS) is 10.1. The molecule has 0 saturated heterocycles. The molecular weight excluding hydrogens is 294 g/mol. The summed E-state index contributed by atoms with van der Waals surface area (Å²) in [7, 11) is 1.33. The van der Waals surface area contributed by atoms with Gasteiger partial charge in [-0.1, -0.05) is 5.21 Å². The summed E-state index contributed by atoms with van der Waals surface area (Å²) in [6, 6.07) is 12.3. The second-order valence-electron chi connectivity index (χ2n) is 4.58. The van der Waals surface area contributed by atoms with E-state index in [4.69, 9.17) is 0 Å². The fourth-order valence-corrected chi connectivity index (χ4v) is 2.16. The molecular formula is C16H11N5O2. The number of methoxy groups -OCH3 is 1. The van der Waals surface area contributed by atoms with E-state index in [1.807, 2.05) is 6.07 Å². The second kappa shape index (κ2) is 6.07. The van der Waals surface area contributed by atoms with E-state index in [-0.39, 0.29) is 5.69 Å².